The standard InChI is InChI=1S/C12H12Cl2O3/c1-3-17-12(16)8-4-5-9(10(13)6-8)11(14)7(2)15/h4-6,11H,3H2,1-2H3. The van der Waals surface area contributed by atoms with Crippen molar-refractivity contribution in [2.75, 3.05) is 6.61 Å². The third-order valence-corrected chi connectivity index (χ3v) is 3.01. The molecule has 0 bridgehead atoms. The van der Waals surface area contributed by atoms with Gasteiger partial charge in [0.05, 0.1) is 12.2 Å². The molecule has 0 saturated heterocycles. The number of hydrogen-bond acceptors (Lipinski definition) is 3. The van der Waals surface area contributed by atoms with Crippen LogP contribution >= 0.6 is 23.2 Å². The molecule has 0 amide bonds. The van der Waals surface area contributed by atoms with Crippen molar-refractivity contribution in [2.45, 2.75) is 19.2 Å². The number of ether oxygens (including phenoxy) is 1. The molecular weight excluding hydrogens is 263 g/mol. The van der Waals surface area contributed by atoms with Gasteiger partial charge in [-0.25, -0.2) is 4.79 Å². The molecule has 1 unspecified atom stereocenters. The van der Waals surface area contributed by atoms with Crippen molar-refractivity contribution < 1.29 is 14.3 Å². The predicted molar refractivity (Wildman–Crippen MR) is 66.7 cm³/mol. The Bertz CT molecular complexity index is 443. The zero-order valence-electron chi connectivity index (χ0n) is 9.50. The molecule has 0 radical (unpaired) electrons. The minimum Gasteiger partial charge on any atom is -0.462 e. The molecule has 17 heavy (non-hydrogen) atoms. The lowest BCUT2D eigenvalue weighted by Gasteiger charge is -2.09. The summed E-state index contributed by atoms with van der Waals surface area (Å²) in [5, 5.41) is -0.510. The number of benzene rings is 1. The number of carbonyl (C=O) groups excluding carboxylic acids is 2. The lowest BCUT2D eigenvalue weighted by Crippen LogP contribution is -2.07. The van der Waals surface area contributed by atoms with Gasteiger partial charge in [-0.05, 0) is 31.5 Å². The molecule has 0 aromatic heterocycles. The quantitative estimate of drug-likeness (QED) is 0.625. The first-order valence-corrected chi connectivity index (χ1v) is 5.90. The van der Waals surface area contributed by atoms with Crippen LogP contribution in [-0.2, 0) is 9.53 Å². The normalized spacial score (nSPS) is 12.0. The Morgan fingerprint density at radius 1 is 1.41 bits per heavy atom. The van der Waals surface area contributed by atoms with Gasteiger partial charge in [0.1, 0.15) is 5.38 Å². The second-order valence-electron chi connectivity index (χ2n) is 3.43. The highest BCUT2D eigenvalue weighted by molar-refractivity contribution is 6.36. The number of alkyl halides is 1. The molecule has 0 saturated carbocycles. The fourth-order valence-corrected chi connectivity index (χ4v) is 1.83. The van der Waals surface area contributed by atoms with Crippen molar-refractivity contribution >= 4 is 35.0 Å². The molecule has 0 heterocycles. The number of Topliss-reactive ketones (excluding diaryl/α,β-unsaturated/α-hetero) is 1. The molecule has 1 rings (SSSR count). The van der Waals surface area contributed by atoms with Gasteiger partial charge in [0, 0.05) is 5.02 Å². The van der Waals surface area contributed by atoms with Crippen LogP contribution in [0.1, 0.15) is 35.1 Å². The van der Waals surface area contributed by atoms with E-state index in [-0.39, 0.29) is 10.8 Å². The van der Waals surface area contributed by atoms with E-state index >= 15 is 0 Å². The van der Waals surface area contributed by atoms with Crippen molar-refractivity contribution in [1.29, 1.82) is 0 Å². The molecule has 3 nitrogen and oxygen atoms in total. The first-order chi connectivity index (χ1) is 7.97. The van der Waals surface area contributed by atoms with Gasteiger partial charge >= 0.3 is 5.97 Å². The average Bonchev–Trinajstić information content (AvgIpc) is 2.28. The van der Waals surface area contributed by atoms with Gasteiger partial charge < -0.3 is 4.74 Å². The molecular formula is C12H12Cl2O3. The zero-order valence-corrected chi connectivity index (χ0v) is 11.0. The summed E-state index contributed by atoms with van der Waals surface area (Å²) in [5.74, 6) is -0.646. The van der Waals surface area contributed by atoms with Gasteiger partial charge in [-0.2, -0.15) is 0 Å². The molecule has 0 aliphatic heterocycles. The number of halogens is 2. The van der Waals surface area contributed by atoms with Crippen LogP contribution in [0.2, 0.25) is 5.02 Å². The van der Waals surface area contributed by atoms with Gasteiger partial charge in [-0.15, -0.1) is 11.6 Å². The summed E-state index contributed by atoms with van der Waals surface area (Å²) in [4.78, 5) is 22.6. The summed E-state index contributed by atoms with van der Waals surface area (Å²) in [6.45, 7) is 3.40. The van der Waals surface area contributed by atoms with Crippen LogP contribution in [0.5, 0.6) is 0 Å². The fraction of sp³-hybridized carbons (Fsp3) is 0.333. The first kappa shape index (κ1) is 14.0. The van der Waals surface area contributed by atoms with E-state index in [1.807, 2.05) is 0 Å². The van der Waals surface area contributed by atoms with Crippen molar-refractivity contribution in [1.82, 2.24) is 0 Å². The number of hydrogen-bond donors (Lipinski definition) is 0. The molecule has 92 valence electrons. The summed E-state index contributed by atoms with van der Waals surface area (Å²) in [5.41, 5.74) is 0.835. The predicted octanol–water partition coefficient (Wildman–Crippen LogP) is 3.39. The topological polar surface area (TPSA) is 43.4 Å². The van der Waals surface area contributed by atoms with E-state index in [4.69, 9.17) is 27.9 Å². The van der Waals surface area contributed by atoms with E-state index in [1.54, 1.807) is 13.0 Å². The Morgan fingerprint density at radius 3 is 2.53 bits per heavy atom. The third-order valence-electron chi connectivity index (χ3n) is 2.14. The maximum Gasteiger partial charge on any atom is 0.338 e. The van der Waals surface area contributed by atoms with Crippen molar-refractivity contribution in [2.24, 2.45) is 0 Å². The largest absolute Gasteiger partial charge is 0.462 e. The molecule has 0 fully saturated rings. The Morgan fingerprint density at radius 2 is 2.06 bits per heavy atom. The molecule has 1 atom stereocenters. The highest BCUT2D eigenvalue weighted by atomic mass is 35.5. The Hall–Kier alpha value is -1.06. The lowest BCUT2D eigenvalue weighted by molar-refractivity contribution is -0.116. The minimum absolute atomic E-state index is 0.197. The number of carbonyl (C=O) groups is 2. The fourth-order valence-electron chi connectivity index (χ4n) is 1.29. The minimum atomic E-state index is -0.793. The highest BCUT2D eigenvalue weighted by Gasteiger charge is 2.18. The summed E-state index contributed by atoms with van der Waals surface area (Å²) < 4.78 is 4.83. The van der Waals surface area contributed by atoms with Crippen LogP contribution in [0.25, 0.3) is 0 Å². The van der Waals surface area contributed by atoms with Crippen molar-refractivity contribution in [3.8, 4) is 0 Å². The molecule has 1 aromatic rings. The lowest BCUT2D eigenvalue weighted by atomic mass is 10.1. The number of ketones is 1. The maximum absolute atomic E-state index is 11.4. The van der Waals surface area contributed by atoms with Crippen molar-refractivity contribution in [3.63, 3.8) is 0 Å². The van der Waals surface area contributed by atoms with Crippen LogP contribution in [0.15, 0.2) is 18.2 Å². The Balaban J connectivity index is 3.01. The molecule has 0 aliphatic carbocycles. The van der Waals surface area contributed by atoms with E-state index < -0.39 is 11.3 Å². The van der Waals surface area contributed by atoms with E-state index in [0.29, 0.717) is 17.7 Å². The summed E-state index contributed by atoms with van der Waals surface area (Å²) in [6.07, 6.45) is 0. The van der Waals surface area contributed by atoms with Gasteiger partial charge in [-0.1, -0.05) is 17.7 Å². The monoisotopic (exact) mass is 274 g/mol. The average molecular weight is 275 g/mol. The first-order valence-electron chi connectivity index (χ1n) is 5.08. The number of rotatable bonds is 4. The van der Waals surface area contributed by atoms with Gasteiger partial charge in [0.2, 0.25) is 0 Å². The SMILES string of the molecule is CCOC(=O)c1ccc(C(Cl)C(C)=O)c(Cl)c1. The van der Waals surface area contributed by atoms with Crippen LogP contribution in [0.3, 0.4) is 0 Å². The molecule has 0 spiro atoms. The van der Waals surface area contributed by atoms with Crippen LogP contribution < -0.4 is 0 Å². The summed E-state index contributed by atoms with van der Waals surface area (Å²) in [7, 11) is 0. The zero-order chi connectivity index (χ0) is 13.0. The van der Waals surface area contributed by atoms with E-state index in [9.17, 15) is 9.59 Å². The number of esters is 1. The summed E-state index contributed by atoms with van der Waals surface area (Å²) in [6, 6.07) is 4.55. The summed E-state index contributed by atoms with van der Waals surface area (Å²) >= 11 is 11.9. The van der Waals surface area contributed by atoms with E-state index in [0.717, 1.165) is 0 Å². The second kappa shape index (κ2) is 6.03. The highest BCUT2D eigenvalue weighted by Crippen LogP contribution is 2.29. The van der Waals surface area contributed by atoms with Crippen LogP contribution in [0.4, 0.5) is 0 Å². The van der Waals surface area contributed by atoms with Gasteiger partial charge in [0.15, 0.2) is 5.78 Å². The third kappa shape index (κ3) is 3.45. The smallest absolute Gasteiger partial charge is 0.338 e. The Labute approximate surface area is 110 Å². The van der Waals surface area contributed by atoms with E-state index in [1.165, 1.54) is 19.1 Å². The maximum atomic E-state index is 11.4. The molecule has 1 aromatic carbocycles. The van der Waals surface area contributed by atoms with E-state index in [2.05, 4.69) is 0 Å². The Kier molecular flexibility index (Phi) is 4.97. The van der Waals surface area contributed by atoms with Gasteiger partial charge in [0.25, 0.3) is 0 Å². The van der Waals surface area contributed by atoms with Crippen LogP contribution in [-0.4, -0.2) is 18.4 Å². The molecule has 0 N–H and O–H groups in total. The molecule has 0 aliphatic rings. The second-order valence-corrected chi connectivity index (χ2v) is 4.27. The van der Waals surface area contributed by atoms with Crippen LogP contribution in [0, 0.1) is 0 Å². The van der Waals surface area contributed by atoms with Gasteiger partial charge in [-0.3, -0.25) is 4.79 Å². The van der Waals surface area contributed by atoms with Crippen molar-refractivity contribution in [3.05, 3.63) is 34.3 Å². The molecule has 5 heteroatoms.